The number of ether oxygens (including phenoxy) is 1. The molecule has 1 aliphatic heterocycles. The first-order chi connectivity index (χ1) is 23.2. The number of aromatic nitrogens is 1. The van der Waals surface area contributed by atoms with Crippen LogP contribution < -0.4 is 16.8 Å². The molecule has 3 heterocycles. The van der Waals surface area contributed by atoms with E-state index in [4.69, 9.17) is 39.0 Å². The van der Waals surface area contributed by atoms with Crippen molar-refractivity contribution in [3.05, 3.63) is 40.2 Å². The fraction of sp³-hybridized carbons (Fsp3) is 0.486. The van der Waals surface area contributed by atoms with Crippen LogP contribution in [-0.4, -0.2) is 59.7 Å². The molecular formula is C37H46ClFN5O3PS. The number of anilines is 2. The minimum Gasteiger partial charge on any atom is -0.390 e. The highest BCUT2D eigenvalue weighted by molar-refractivity contribution is 7.51. The number of morpholine rings is 1. The van der Waals surface area contributed by atoms with Crippen LogP contribution in [0.3, 0.4) is 0 Å². The predicted molar refractivity (Wildman–Crippen MR) is 203 cm³/mol. The van der Waals surface area contributed by atoms with E-state index in [1.807, 2.05) is 33.8 Å². The third-order valence-corrected chi connectivity index (χ3v) is 13.2. The highest BCUT2D eigenvalue weighted by Gasteiger charge is 2.34. The van der Waals surface area contributed by atoms with Crippen molar-refractivity contribution >= 4 is 74.2 Å². The van der Waals surface area contributed by atoms with Gasteiger partial charge in [-0.05, 0) is 69.6 Å². The van der Waals surface area contributed by atoms with E-state index in [2.05, 4.69) is 23.1 Å². The second-order valence-electron chi connectivity index (χ2n) is 14.4. The number of nitrogen functional groups attached to an aromatic ring is 2. The van der Waals surface area contributed by atoms with Gasteiger partial charge in [0.15, 0.2) is 0 Å². The lowest BCUT2D eigenvalue weighted by atomic mass is 9.87. The summed E-state index contributed by atoms with van der Waals surface area (Å²) in [6, 6.07) is 4.55. The summed E-state index contributed by atoms with van der Waals surface area (Å²) < 4.78 is 26.7. The number of nitrogens with two attached hydrogens (primary N) is 2. The largest absolute Gasteiger partial charge is 0.390 e. The van der Waals surface area contributed by atoms with Crippen molar-refractivity contribution in [3.63, 3.8) is 0 Å². The maximum absolute atomic E-state index is 14.9. The zero-order chi connectivity index (χ0) is 35.7. The lowest BCUT2D eigenvalue weighted by Crippen LogP contribution is -2.50. The molecule has 1 fully saturated rings. The average molecular weight is 726 g/mol. The van der Waals surface area contributed by atoms with Crippen LogP contribution in [0.1, 0.15) is 70.9 Å². The van der Waals surface area contributed by atoms with Crippen molar-refractivity contribution < 1.29 is 18.7 Å². The molecule has 5 N–H and O–H groups in total. The zero-order valence-electron chi connectivity index (χ0n) is 28.9. The normalized spacial score (nSPS) is 18.1. The first-order valence-electron chi connectivity index (χ1n) is 16.7. The average Bonchev–Trinajstić information content (AvgIpc) is 3.53. The van der Waals surface area contributed by atoms with E-state index in [0.717, 1.165) is 90.1 Å². The number of carbonyl (C=O) groups excluding carboxylic acids is 2. The molecule has 0 radical (unpaired) electrons. The summed E-state index contributed by atoms with van der Waals surface area (Å²) in [7, 11) is -1.07. The highest BCUT2D eigenvalue weighted by atomic mass is 35.5. The molecule has 262 valence electrons. The second-order valence-corrected chi connectivity index (χ2v) is 17.6. The number of aryl methyl sites for hydroxylation is 1. The third-order valence-electron chi connectivity index (χ3n) is 9.40. The van der Waals surface area contributed by atoms with Gasteiger partial charge in [0, 0.05) is 52.1 Å². The minimum atomic E-state index is -1.07. The van der Waals surface area contributed by atoms with Crippen LogP contribution in [0.4, 0.5) is 15.2 Å². The van der Waals surface area contributed by atoms with Crippen molar-refractivity contribution in [1.82, 2.24) is 15.0 Å². The van der Waals surface area contributed by atoms with E-state index in [1.165, 1.54) is 6.07 Å². The van der Waals surface area contributed by atoms with Gasteiger partial charge in [0.25, 0.3) is 0 Å². The summed E-state index contributed by atoms with van der Waals surface area (Å²) in [5.74, 6) is 2.68. The van der Waals surface area contributed by atoms with Crippen LogP contribution in [0.15, 0.2) is 18.2 Å². The molecule has 0 bridgehead atoms. The van der Waals surface area contributed by atoms with Crippen molar-refractivity contribution in [1.29, 1.82) is 0 Å². The summed E-state index contributed by atoms with van der Waals surface area (Å²) in [6.07, 6.45) is 11.6. The molecule has 0 aliphatic carbocycles. The number of nitrogens with zero attached hydrogens (tertiary/aromatic N) is 2. The molecule has 49 heavy (non-hydrogen) atoms. The van der Waals surface area contributed by atoms with Gasteiger partial charge in [-0.2, -0.15) is 0 Å². The third kappa shape index (κ3) is 7.92. The highest BCUT2D eigenvalue weighted by Crippen LogP contribution is 2.51. The number of amides is 1. The van der Waals surface area contributed by atoms with Gasteiger partial charge in [-0.15, -0.1) is 17.8 Å². The van der Waals surface area contributed by atoms with Gasteiger partial charge < -0.3 is 26.3 Å². The monoisotopic (exact) mass is 725 g/mol. The van der Waals surface area contributed by atoms with Crippen LogP contribution in [0, 0.1) is 30.5 Å². The zero-order valence-corrected chi connectivity index (χ0v) is 31.4. The van der Waals surface area contributed by atoms with E-state index in [-0.39, 0.29) is 17.1 Å². The second kappa shape index (κ2) is 15.0. The van der Waals surface area contributed by atoms with Crippen LogP contribution in [-0.2, 0) is 20.5 Å². The van der Waals surface area contributed by atoms with Gasteiger partial charge in [-0.3, -0.25) is 9.69 Å². The fourth-order valence-corrected chi connectivity index (χ4v) is 10.6. The summed E-state index contributed by atoms with van der Waals surface area (Å²) in [5, 5.41) is 6.23. The van der Waals surface area contributed by atoms with E-state index in [0.29, 0.717) is 50.7 Å². The molecule has 2 aromatic heterocycles. The number of hydrogen-bond acceptors (Lipinski definition) is 8. The molecule has 4 aromatic rings. The van der Waals surface area contributed by atoms with E-state index in [9.17, 15) is 14.0 Å². The number of halogens is 2. The Hall–Kier alpha value is -3.19. The molecule has 0 saturated carbocycles. The molecule has 5 rings (SSSR count). The maximum Gasteiger partial charge on any atom is 0.220 e. The number of rotatable bonds is 12. The van der Waals surface area contributed by atoms with E-state index < -0.39 is 19.3 Å². The number of terminal acetylenes is 1. The van der Waals surface area contributed by atoms with Crippen molar-refractivity contribution in [3.8, 4) is 23.5 Å². The molecule has 2 aromatic carbocycles. The first kappa shape index (κ1) is 37.1. The van der Waals surface area contributed by atoms with Gasteiger partial charge in [0.05, 0.1) is 28.5 Å². The molecule has 3 unspecified atom stereocenters. The Morgan fingerprint density at radius 3 is 2.73 bits per heavy atom. The number of fused-ring (bicyclic) bond motifs is 2. The van der Waals surface area contributed by atoms with Crippen molar-refractivity contribution in [2.75, 3.05) is 37.7 Å². The molecule has 1 saturated heterocycles. The van der Waals surface area contributed by atoms with E-state index in [1.54, 1.807) is 6.07 Å². The molecule has 12 heteroatoms. The van der Waals surface area contributed by atoms with Gasteiger partial charge >= 0.3 is 0 Å². The number of benzene rings is 2. The van der Waals surface area contributed by atoms with Crippen LogP contribution in [0.25, 0.3) is 31.7 Å². The van der Waals surface area contributed by atoms with Gasteiger partial charge in [0.1, 0.15) is 22.9 Å². The Kier molecular flexibility index (Phi) is 11.3. The number of aldehydes is 1. The number of unbranched alkanes of at least 4 members (excludes halogenated alkanes) is 3. The maximum atomic E-state index is 14.9. The topological polar surface area (TPSA) is 124 Å². The number of hydrogen-bond donors (Lipinski definition) is 3. The molecule has 8 nitrogen and oxygen atoms in total. The molecular weight excluding hydrogens is 680 g/mol. The number of nitrogens with one attached hydrogen (secondary N) is 1. The quantitative estimate of drug-likeness (QED) is 0.0766. The molecule has 1 amide bonds. The lowest BCUT2D eigenvalue weighted by molar-refractivity contribution is -0.125. The van der Waals surface area contributed by atoms with Crippen molar-refractivity contribution in [2.24, 2.45) is 5.41 Å². The number of thiophene rings is 1. The summed E-state index contributed by atoms with van der Waals surface area (Å²) >= 11 is 8.08. The predicted octanol–water partition coefficient (Wildman–Crippen LogP) is 8.12. The van der Waals surface area contributed by atoms with Crippen LogP contribution >= 0.6 is 30.6 Å². The Morgan fingerprint density at radius 2 is 2.04 bits per heavy atom. The van der Waals surface area contributed by atoms with Crippen LogP contribution in [0.2, 0.25) is 5.02 Å². The summed E-state index contributed by atoms with van der Waals surface area (Å²) in [5.41, 5.74) is 14.9. The lowest BCUT2D eigenvalue weighted by Gasteiger charge is -2.40. The Labute approximate surface area is 298 Å². The molecule has 3 atom stereocenters. The van der Waals surface area contributed by atoms with Gasteiger partial charge in [-0.25, -0.2) is 9.14 Å². The standard InChI is InChI=1S/C37H46ClFN5O3PS/c1-7-23-31-24(13-14-27(39)33(31)49-35(23)41)30-22(2)32-25(18-26(30)38)34(40)43-48(32)21-37(6)20-44(16-17-47-37)15-11-9-8-10-12-29(46)42-28(19-45)36(3,4)5/h1,13-14,18-19,28H,8-12,15-17,20-21,41H2,2-6H3,(H2,40,43)(H,42,46). The minimum absolute atomic E-state index is 0.0706. The SMILES string of the molecule is C#Cc1c(N)sc2c(F)ccc(-c3c(Cl)cc4c(N)np(CC5(C)CN(CCCCCCC(=O)NC(C=O)C(C)(C)C)CCO5)c4c3C)c12. The van der Waals surface area contributed by atoms with Gasteiger partial charge in [-0.1, -0.05) is 57.2 Å². The van der Waals surface area contributed by atoms with Crippen molar-refractivity contribution in [2.45, 2.75) is 84.5 Å². The molecule has 0 spiro atoms. The van der Waals surface area contributed by atoms with Gasteiger partial charge in [0.2, 0.25) is 5.91 Å². The number of carbonyl (C=O) groups is 2. The summed E-state index contributed by atoms with van der Waals surface area (Å²) in [4.78, 5) is 26.1. The Bertz CT molecular complexity index is 1930. The Balaban J connectivity index is 1.27. The molecule has 1 aliphatic rings. The smallest absolute Gasteiger partial charge is 0.220 e. The Morgan fingerprint density at radius 1 is 1.31 bits per heavy atom. The summed E-state index contributed by atoms with van der Waals surface area (Å²) in [6.45, 7) is 13.2. The van der Waals surface area contributed by atoms with E-state index >= 15 is 0 Å². The first-order valence-corrected chi connectivity index (χ1v) is 19.4. The van der Waals surface area contributed by atoms with Crippen LogP contribution in [0.5, 0.6) is 0 Å². The fourth-order valence-electron chi connectivity index (χ4n) is 6.81.